The lowest BCUT2D eigenvalue weighted by Gasteiger charge is -2.32. The summed E-state index contributed by atoms with van der Waals surface area (Å²) in [6, 6.07) is 9.83. The van der Waals surface area contributed by atoms with Gasteiger partial charge in [0.15, 0.2) is 6.29 Å². The van der Waals surface area contributed by atoms with Crippen LogP contribution in [0.15, 0.2) is 42.5 Å². The average Bonchev–Trinajstić information content (AvgIpc) is 2.77. The molecule has 0 aliphatic carbocycles. The van der Waals surface area contributed by atoms with Gasteiger partial charge in [0.05, 0.1) is 10.6 Å². The van der Waals surface area contributed by atoms with E-state index in [-0.39, 0.29) is 23.6 Å². The maximum Gasteiger partial charge on any atom is 0.255 e. The lowest BCUT2D eigenvalue weighted by molar-refractivity contribution is -0.126. The van der Waals surface area contributed by atoms with Gasteiger partial charge < -0.3 is 4.90 Å². The Morgan fingerprint density at radius 2 is 1.77 bits per heavy atom. The Morgan fingerprint density at radius 1 is 1.13 bits per heavy atom. The molecule has 1 heterocycles. The molecule has 4 nitrogen and oxygen atoms in total. The quantitative estimate of drug-likeness (QED) is 0.358. The van der Waals surface area contributed by atoms with Gasteiger partial charge in [0.25, 0.3) is 5.91 Å². The van der Waals surface area contributed by atoms with Crippen molar-refractivity contribution < 1.29 is 18.8 Å². The summed E-state index contributed by atoms with van der Waals surface area (Å²) < 4.78 is 13.1. The number of aldehydes is 1. The molecule has 1 aliphatic heterocycles. The van der Waals surface area contributed by atoms with E-state index >= 15 is 0 Å². The van der Waals surface area contributed by atoms with Gasteiger partial charge in [0.2, 0.25) is 5.78 Å². The SMILES string of the molecule is C/C=C(/C(=O)C=O)c1cc(C(=O)N2CCC(Cc3ccc(F)cc3)CC2)c(Cl)cc1C. The zero-order valence-corrected chi connectivity index (χ0v) is 18.4. The molecule has 0 unspecified atom stereocenters. The predicted octanol–water partition coefficient (Wildman–Crippen LogP) is 5.05. The van der Waals surface area contributed by atoms with Crippen LogP contribution >= 0.6 is 11.6 Å². The van der Waals surface area contributed by atoms with E-state index in [1.165, 1.54) is 12.1 Å². The van der Waals surface area contributed by atoms with Crippen LogP contribution in [-0.2, 0) is 16.0 Å². The van der Waals surface area contributed by atoms with Gasteiger partial charge in [-0.25, -0.2) is 4.39 Å². The van der Waals surface area contributed by atoms with Crippen LogP contribution in [-0.4, -0.2) is 36.0 Å². The summed E-state index contributed by atoms with van der Waals surface area (Å²) in [5, 5.41) is 0.327. The molecule has 1 saturated heterocycles. The van der Waals surface area contributed by atoms with Crippen LogP contribution in [0, 0.1) is 18.7 Å². The Labute approximate surface area is 186 Å². The van der Waals surface area contributed by atoms with Crippen molar-refractivity contribution in [2.75, 3.05) is 13.1 Å². The zero-order valence-electron chi connectivity index (χ0n) is 17.7. The maximum atomic E-state index is 13.2. The summed E-state index contributed by atoms with van der Waals surface area (Å²) in [5.41, 5.74) is 2.95. The fourth-order valence-corrected chi connectivity index (χ4v) is 4.38. The monoisotopic (exact) mass is 441 g/mol. The van der Waals surface area contributed by atoms with E-state index in [1.807, 2.05) is 0 Å². The van der Waals surface area contributed by atoms with Gasteiger partial charge in [-0.3, -0.25) is 14.4 Å². The fourth-order valence-electron chi connectivity index (χ4n) is 4.09. The molecule has 2 aromatic rings. The van der Waals surface area contributed by atoms with Crippen molar-refractivity contribution in [3.8, 4) is 0 Å². The van der Waals surface area contributed by atoms with Gasteiger partial charge in [-0.05, 0) is 80.0 Å². The summed E-state index contributed by atoms with van der Waals surface area (Å²) in [4.78, 5) is 37.9. The van der Waals surface area contributed by atoms with E-state index < -0.39 is 5.78 Å². The Balaban J connectivity index is 1.73. The minimum absolute atomic E-state index is 0.180. The maximum absolute atomic E-state index is 13.2. The lowest BCUT2D eigenvalue weighted by atomic mass is 9.89. The highest BCUT2D eigenvalue weighted by molar-refractivity contribution is 6.46. The molecule has 0 N–H and O–H groups in total. The Morgan fingerprint density at radius 3 is 2.35 bits per heavy atom. The smallest absolute Gasteiger partial charge is 0.255 e. The third kappa shape index (κ3) is 5.28. The predicted molar refractivity (Wildman–Crippen MR) is 120 cm³/mol. The number of Topliss-reactive ketones (excluding diaryl/α,β-unsaturated/α-hetero) is 1. The molecule has 1 amide bonds. The normalized spacial score (nSPS) is 15.1. The zero-order chi connectivity index (χ0) is 22.5. The second-order valence-electron chi connectivity index (χ2n) is 7.90. The van der Waals surface area contributed by atoms with Crippen molar-refractivity contribution in [2.45, 2.75) is 33.1 Å². The molecule has 0 atom stereocenters. The highest BCUT2D eigenvalue weighted by Crippen LogP contribution is 2.29. The number of halogens is 2. The molecule has 1 fully saturated rings. The number of piperidine rings is 1. The minimum atomic E-state index is -0.632. The van der Waals surface area contributed by atoms with Crippen molar-refractivity contribution >= 4 is 35.2 Å². The molecule has 0 aromatic heterocycles. The molecular weight excluding hydrogens is 417 g/mol. The topological polar surface area (TPSA) is 54.5 Å². The van der Waals surface area contributed by atoms with Crippen LogP contribution < -0.4 is 0 Å². The molecule has 2 aromatic carbocycles. The third-order valence-corrected chi connectivity index (χ3v) is 6.15. The van der Waals surface area contributed by atoms with Crippen molar-refractivity contribution in [2.24, 2.45) is 5.92 Å². The number of likely N-dealkylation sites (tertiary alicyclic amines) is 1. The Bertz CT molecular complexity index is 1020. The van der Waals surface area contributed by atoms with Crippen molar-refractivity contribution in [1.82, 2.24) is 4.90 Å². The number of amides is 1. The molecule has 31 heavy (non-hydrogen) atoms. The van der Waals surface area contributed by atoms with Crippen LogP contribution in [0.2, 0.25) is 5.02 Å². The number of carbonyl (C=O) groups excluding carboxylic acids is 3. The second kappa shape index (κ2) is 10.0. The fraction of sp³-hybridized carbons (Fsp3) is 0.320. The number of aryl methyl sites for hydroxylation is 1. The number of nitrogens with zero attached hydrogens (tertiary/aromatic N) is 1. The van der Waals surface area contributed by atoms with Crippen LogP contribution in [0.25, 0.3) is 5.57 Å². The van der Waals surface area contributed by atoms with E-state index in [2.05, 4.69) is 0 Å². The van der Waals surface area contributed by atoms with Crippen molar-refractivity contribution in [3.63, 3.8) is 0 Å². The number of hydrogen-bond donors (Lipinski definition) is 0. The average molecular weight is 442 g/mol. The molecule has 0 saturated carbocycles. The van der Waals surface area contributed by atoms with Gasteiger partial charge in [-0.2, -0.15) is 0 Å². The number of carbonyl (C=O) groups is 3. The molecule has 0 spiro atoms. The third-order valence-electron chi connectivity index (χ3n) is 5.84. The van der Waals surface area contributed by atoms with Crippen molar-refractivity contribution in [1.29, 1.82) is 0 Å². The molecule has 6 heteroatoms. The highest BCUT2D eigenvalue weighted by Gasteiger charge is 2.26. The van der Waals surface area contributed by atoms with Gasteiger partial charge >= 0.3 is 0 Å². The Hall–Kier alpha value is -2.79. The largest absolute Gasteiger partial charge is 0.339 e. The number of rotatable bonds is 6. The van der Waals surface area contributed by atoms with Gasteiger partial charge in [-0.1, -0.05) is 29.8 Å². The molecule has 1 aliphatic rings. The minimum Gasteiger partial charge on any atom is -0.339 e. The first kappa shape index (κ1) is 22.9. The summed E-state index contributed by atoms with van der Waals surface area (Å²) in [6.45, 7) is 4.68. The number of hydrogen-bond acceptors (Lipinski definition) is 3. The van der Waals surface area contributed by atoms with E-state index in [0.29, 0.717) is 35.2 Å². The number of benzene rings is 2. The number of allylic oxidation sites excluding steroid dienone is 2. The van der Waals surface area contributed by atoms with Gasteiger partial charge in [0, 0.05) is 18.7 Å². The van der Waals surface area contributed by atoms with E-state index in [1.54, 1.807) is 49.1 Å². The lowest BCUT2D eigenvalue weighted by Crippen LogP contribution is -2.39. The summed E-state index contributed by atoms with van der Waals surface area (Å²) in [7, 11) is 0. The molecule has 162 valence electrons. The van der Waals surface area contributed by atoms with Gasteiger partial charge in [0.1, 0.15) is 5.82 Å². The summed E-state index contributed by atoms with van der Waals surface area (Å²) in [5.74, 6) is -0.624. The van der Waals surface area contributed by atoms with Gasteiger partial charge in [-0.15, -0.1) is 0 Å². The summed E-state index contributed by atoms with van der Waals surface area (Å²) in [6.07, 6.45) is 4.40. The second-order valence-corrected chi connectivity index (χ2v) is 8.30. The number of ketones is 1. The first-order valence-corrected chi connectivity index (χ1v) is 10.7. The molecule has 3 rings (SSSR count). The van der Waals surface area contributed by atoms with E-state index in [4.69, 9.17) is 11.6 Å². The van der Waals surface area contributed by atoms with Crippen molar-refractivity contribution in [3.05, 3.63) is 75.6 Å². The van der Waals surface area contributed by atoms with Crippen LogP contribution in [0.3, 0.4) is 0 Å². The van der Waals surface area contributed by atoms with Crippen LogP contribution in [0.4, 0.5) is 4.39 Å². The molecular formula is C25H25ClFNO3. The van der Waals surface area contributed by atoms with Crippen LogP contribution in [0.5, 0.6) is 0 Å². The molecule has 0 radical (unpaired) electrons. The summed E-state index contributed by atoms with van der Waals surface area (Å²) >= 11 is 6.37. The molecule has 0 bridgehead atoms. The standard InChI is InChI=1S/C25H25ClFNO3/c1-3-20(24(30)15-29)21-14-22(23(26)12-16(21)2)25(31)28-10-8-18(9-11-28)13-17-4-6-19(27)7-5-17/h3-7,12,14-15,18H,8-11,13H2,1-2H3/b20-3+. The first-order chi connectivity index (χ1) is 14.8. The van der Waals surface area contributed by atoms with E-state index in [0.717, 1.165) is 30.4 Å². The first-order valence-electron chi connectivity index (χ1n) is 10.3. The highest BCUT2D eigenvalue weighted by atomic mass is 35.5. The Kier molecular flexibility index (Phi) is 7.39. The van der Waals surface area contributed by atoms with E-state index in [9.17, 15) is 18.8 Å². The van der Waals surface area contributed by atoms with Crippen LogP contribution in [0.1, 0.15) is 46.8 Å².